The standard InChI is InChI=1S/C17H23N3OS/c1-3-14-15(22-17(19-14)20-10-4-5-11-20)16(21)18-13-8-6-12(2)7-9-13/h4-5,10-13H,3,6-9H2,1-2H3,(H,18,21). The van der Waals surface area contributed by atoms with Crippen molar-refractivity contribution in [3.8, 4) is 5.13 Å². The van der Waals surface area contributed by atoms with Crippen molar-refractivity contribution in [3.63, 3.8) is 0 Å². The number of amides is 1. The van der Waals surface area contributed by atoms with Crippen molar-refractivity contribution in [2.75, 3.05) is 0 Å². The summed E-state index contributed by atoms with van der Waals surface area (Å²) in [6.45, 7) is 4.34. The van der Waals surface area contributed by atoms with Gasteiger partial charge in [-0.25, -0.2) is 4.98 Å². The van der Waals surface area contributed by atoms with Gasteiger partial charge in [-0.3, -0.25) is 4.79 Å². The molecule has 0 unspecified atom stereocenters. The van der Waals surface area contributed by atoms with E-state index in [0.717, 1.165) is 40.9 Å². The number of carbonyl (C=O) groups excluding carboxylic acids is 1. The Hall–Kier alpha value is -1.62. The maximum Gasteiger partial charge on any atom is 0.263 e. The Labute approximate surface area is 135 Å². The summed E-state index contributed by atoms with van der Waals surface area (Å²) >= 11 is 1.48. The molecule has 1 amide bonds. The number of rotatable bonds is 4. The van der Waals surface area contributed by atoms with Crippen LogP contribution in [0, 0.1) is 5.92 Å². The molecule has 4 nitrogen and oxygen atoms in total. The molecule has 1 saturated carbocycles. The van der Waals surface area contributed by atoms with Crippen LogP contribution in [0.4, 0.5) is 0 Å². The van der Waals surface area contributed by atoms with Crippen molar-refractivity contribution < 1.29 is 4.79 Å². The maximum atomic E-state index is 12.6. The third-order valence-electron chi connectivity index (χ3n) is 4.40. The van der Waals surface area contributed by atoms with Gasteiger partial charge in [-0.15, -0.1) is 0 Å². The predicted molar refractivity (Wildman–Crippen MR) is 89.7 cm³/mol. The Morgan fingerprint density at radius 2 is 2.00 bits per heavy atom. The van der Waals surface area contributed by atoms with E-state index in [-0.39, 0.29) is 5.91 Å². The van der Waals surface area contributed by atoms with Gasteiger partial charge >= 0.3 is 0 Å². The monoisotopic (exact) mass is 317 g/mol. The van der Waals surface area contributed by atoms with Gasteiger partial charge in [-0.05, 0) is 50.2 Å². The number of hydrogen-bond acceptors (Lipinski definition) is 3. The van der Waals surface area contributed by atoms with Crippen LogP contribution in [0.2, 0.25) is 0 Å². The van der Waals surface area contributed by atoms with Crippen molar-refractivity contribution in [2.45, 2.75) is 52.0 Å². The molecule has 0 aliphatic heterocycles. The summed E-state index contributed by atoms with van der Waals surface area (Å²) in [7, 11) is 0. The molecule has 118 valence electrons. The molecular weight excluding hydrogens is 294 g/mol. The van der Waals surface area contributed by atoms with E-state index < -0.39 is 0 Å². The Morgan fingerprint density at radius 1 is 1.32 bits per heavy atom. The fourth-order valence-corrected chi connectivity index (χ4v) is 4.01. The summed E-state index contributed by atoms with van der Waals surface area (Å²) in [6, 6.07) is 4.26. The molecule has 0 spiro atoms. The molecule has 5 heteroatoms. The number of nitrogens with zero attached hydrogens (tertiary/aromatic N) is 2. The second kappa shape index (κ2) is 6.65. The second-order valence-corrected chi connectivity index (χ2v) is 7.12. The average Bonchev–Trinajstić information content (AvgIpc) is 3.18. The normalized spacial score (nSPS) is 21.7. The highest BCUT2D eigenvalue weighted by atomic mass is 32.1. The van der Waals surface area contributed by atoms with Crippen LogP contribution in [0.3, 0.4) is 0 Å². The molecule has 0 radical (unpaired) electrons. The average molecular weight is 317 g/mol. The van der Waals surface area contributed by atoms with Crippen molar-refractivity contribution in [3.05, 3.63) is 35.1 Å². The molecule has 1 N–H and O–H groups in total. The van der Waals surface area contributed by atoms with Crippen LogP contribution in [0.5, 0.6) is 0 Å². The van der Waals surface area contributed by atoms with Crippen molar-refractivity contribution >= 4 is 17.2 Å². The lowest BCUT2D eigenvalue weighted by Crippen LogP contribution is -2.37. The van der Waals surface area contributed by atoms with E-state index in [1.165, 1.54) is 24.2 Å². The minimum absolute atomic E-state index is 0.0484. The van der Waals surface area contributed by atoms with Gasteiger partial charge in [-0.1, -0.05) is 25.2 Å². The maximum absolute atomic E-state index is 12.6. The fourth-order valence-electron chi connectivity index (χ4n) is 2.98. The number of thiazole rings is 1. The van der Waals surface area contributed by atoms with E-state index >= 15 is 0 Å². The molecule has 2 heterocycles. The Morgan fingerprint density at radius 3 is 2.64 bits per heavy atom. The summed E-state index contributed by atoms with van der Waals surface area (Å²) in [5.41, 5.74) is 0.898. The summed E-state index contributed by atoms with van der Waals surface area (Å²) in [5.74, 6) is 0.843. The molecule has 3 rings (SSSR count). The SMILES string of the molecule is CCc1nc(-n2cccc2)sc1C(=O)NC1CCC(C)CC1. The lowest BCUT2D eigenvalue weighted by molar-refractivity contribution is 0.0926. The van der Waals surface area contributed by atoms with Crippen molar-refractivity contribution in [2.24, 2.45) is 5.92 Å². The lowest BCUT2D eigenvalue weighted by atomic mass is 9.87. The Bertz CT molecular complexity index is 624. The van der Waals surface area contributed by atoms with Gasteiger partial charge in [0.25, 0.3) is 5.91 Å². The first-order chi connectivity index (χ1) is 10.7. The minimum atomic E-state index is 0.0484. The summed E-state index contributed by atoms with van der Waals surface area (Å²) in [4.78, 5) is 18.0. The lowest BCUT2D eigenvalue weighted by Gasteiger charge is -2.26. The van der Waals surface area contributed by atoms with E-state index in [9.17, 15) is 4.79 Å². The fraction of sp³-hybridized carbons (Fsp3) is 0.529. The highest BCUT2D eigenvalue weighted by molar-refractivity contribution is 7.16. The molecular formula is C17H23N3OS. The van der Waals surface area contributed by atoms with Crippen LogP contribution in [-0.2, 0) is 6.42 Å². The van der Waals surface area contributed by atoms with Crippen LogP contribution in [0.15, 0.2) is 24.5 Å². The molecule has 2 aromatic rings. The van der Waals surface area contributed by atoms with E-state index in [0.29, 0.717) is 6.04 Å². The number of aryl methyl sites for hydroxylation is 1. The summed E-state index contributed by atoms with van der Waals surface area (Å²) in [5, 5.41) is 4.08. The van der Waals surface area contributed by atoms with Crippen LogP contribution in [0.25, 0.3) is 5.13 Å². The highest BCUT2D eigenvalue weighted by Crippen LogP contribution is 2.26. The molecule has 0 aromatic carbocycles. The van der Waals surface area contributed by atoms with Gasteiger partial charge in [0.1, 0.15) is 4.88 Å². The first kappa shape index (κ1) is 15.3. The topological polar surface area (TPSA) is 46.9 Å². The third kappa shape index (κ3) is 3.24. The second-order valence-electron chi connectivity index (χ2n) is 6.15. The molecule has 0 atom stereocenters. The van der Waals surface area contributed by atoms with Gasteiger partial charge in [0, 0.05) is 18.4 Å². The molecule has 1 fully saturated rings. The van der Waals surface area contributed by atoms with Gasteiger partial charge < -0.3 is 9.88 Å². The van der Waals surface area contributed by atoms with Crippen LogP contribution < -0.4 is 5.32 Å². The van der Waals surface area contributed by atoms with E-state index in [2.05, 4.69) is 17.2 Å². The zero-order valence-corrected chi connectivity index (χ0v) is 14.0. The molecule has 1 aliphatic carbocycles. The van der Waals surface area contributed by atoms with E-state index in [4.69, 9.17) is 0 Å². The van der Waals surface area contributed by atoms with Gasteiger partial charge in [0.2, 0.25) is 0 Å². The zero-order chi connectivity index (χ0) is 15.5. The Kier molecular flexibility index (Phi) is 4.62. The van der Waals surface area contributed by atoms with Gasteiger partial charge in [0.15, 0.2) is 5.13 Å². The van der Waals surface area contributed by atoms with Crippen LogP contribution >= 0.6 is 11.3 Å². The minimum Gasteiger partial charge on any atom is -0.349 e. The van der Waals surface area contributed by atoms with Crippen LogP contribution in [0.1, 0.15) is 54.9 Å². The molecule has 22 heavy (non-hydrogen) atoms. The summed E-state index contributed by atoms with van der Waals surface area (Å²) < 4.78 is 1.96. The molecule has 0 bridgehead atoms. The molecule has 2 aromatic heterocycles. The van der Waals surface area contributed by atoms with E-state index in [1.807, 2.05) is 36.0 Å². The first-order valence-corrected chi connectivity index (χ1v) is 8.93. The number of carbonyl (C=O) groups is 1. The third-order valence-corrected chi connectivity index (χ3v) is 5.51. The summed E-state index contributed by atoms with van der Waals surface area (Å²) in [6.07, 6.45) is 9.31. The number of nitrogens with one attached hydrogen (secondary N) is 1. The molecule has 1 aliphatic rings. The smallest absolute Gasteiger partial charge is 0.263 e. The van der Waals surface area contributed by atoms with Crippen LogP contribution in [-0.4, -0.2) is 21.5 Å². The van der Waals surface area contributed by atoms with E-state index in [1.54, 1.807) is 0 Å². The van der Waals surface area contributed by atoms with Gasteiger partial charge in [0.05, 0.1) is 5.69 Å². The largest absolute Gasteiger partial charge is 0.349 e. The zero-order valence-electron chi connectivity index (χ0n) is 13.2. The molecule has 0 saturated heterocycles. The highest BCUT2D eigenvalue weighted by Gasteiger charge is 2.23. The number of hydrogen-bond donors (Lipinski definition) is 1. The van der Waals surface area contributed by atoms with Crippen molar-refractivity contribution in [1.29, 1.82) is 0 Å². The van der Waals surface area contributed by atoms with Gasteiger partial charge in [-0.2, -0.15) is 0 Å². The first-order valence-electron chi connectivity index (χ1n) is 8.11. The van der Waals surface area contributed by atoms with Crippen molar-refractivity contribution in [1.82, 2.24) is 14.9 Å². The predicted octanol–water partition coefficient (Wildman–Crippen LogP) is 3.80. The number of aromatic nitrogens is 2. The Balaban J connectivity index is 1.74. The quantitative estimate of drug-likeness (QED) is 0.932.